The second-order valence-electron chi connectivity index (χ2n) is 5.21. The Morgan fingerprint density at radius 1 is 1.55 bits per heavy atom. The molecular weight excluding hydrogens is 258 g/mol. The molecule has 1 fully saturated rings. The number of hydrogen-bond donors (Lipinski definition) is 1. The average molecular weight is 279 g/mol. The monoisotopic (exact) mass is 279 g/mol. The Hall–Kier alpha value is -1.69. The van der Waals surface area contributed by atoms with Crippen molar-refractivity contribution < 1.29 is 9.66 Å². The van der Waals surface area contributed by atoms with Gasteiger partial charge in [0.25, 0.3) is 0 Å². The zero-order valence-electron chi connectivity index (χ0n) is 12.1. The van der Waals surface area contributed by atoms with E-state index in [0.29, 0.717) is 6.04 Å². The molecule has 1 aromatic heterocycles. The van der Waals surface area contributed by atoms with Crippen molar-refractivity contribution in [3.63, 3.8) is 0 Å². The summed E-state index contributed by atoms with van der Waals surface area (Å²) in [5, 5.41) is 14.3. The number of pyridine rings is 1. The minimum absolute atomic E-state index is 0.00199. The van der Waals surface area contributed by atoms with Crippen LogP contribution in [0.1, 0.15) is 33.1 Å². The Kier molecular flexibility index (Phi) is 4.23. The summed E-state index contributed by atoms with van der Waals surface area (Å²) >= 11 is 0. The molecular formula is C14H21N3O3. The minimum Gasteiger partial charge on any atom is -0.482 e. The maximum absolute atomic E-state index is 11.0. The Bertz CT molecular complexity index is 488. The average Bonchev–Trinajstić information content (AvgIpc) is 2.44. The van der Waals surface area contributed by atoms with Gasteiger partial charge in [0.2, 0.25) is 5.75 Å². The van der Waals surface area contributed by atoms with Gasteiger partial charge in [-0.3, -0.25) is 0 Å². The van der Waals surface area contributed by atoms with Gasteiger partial charge in [-0.05, 0) is 41.9 Å². The molecule has 0 spiro atoms. The molecule has 0 saturated heterocycles. The lowest BCUT2D eigenvalue weighted by Crippen LogP contribution is -2.63. The molecule has 0 aliphatic heterocycles. The highest BCUT2D eigenvalue weighted by Crippen LogP contribution is 2.49. The molecule has 1 aromatic rings. The molecule has 6 heteroatoms. The van der Waals surface area contributed by atoms with E-state index in [-0.39, 0.29) is 23.1 Å². The van der Waals surface area contributed by atoms with Gasteiger partial charge in [0.05, 0.1) is 0 Å². The first kappa shape index (κ1) is 14.7. The number of rotatable bonds is 6. The van der Waals surface area contributed by atoms with E-state index in [9.17, 15) is 10.1 Å². The first-order valence-corrected chi connectivity index (χ1v) is 7.02. The molecule has 2 rings (SSSR count). The topological polar surface area (TPSA) is 77.3 Å². The first-order valence-electron chi connectivity index (χ1n) is 7.02. The largest absolute Gasteiger partial charge is 0.482 e. The third-order valence-corrected chi connectivity index (χ3v) is 4.64. The van der Waals surface area contributed by atoms with Crippen molar-refractivity contribution in [3.8, 4) is 5.75 Å². The van der Waals surface area contributed by atoms with Gasteiger partial charge in [-0.2, -0.15) is 0 Å². The molecule has 1 aliphatic carbocycles. The van der Waals surface area contributed by atoms with Crippen LogP contribution in [0.5, 0.6) is 5.75 Å². The van der Waals surface area contributed by atoms with E-state index < -0.39 is 4.92 Å². The number of nitro groups is 1. The molecule has 0 bridgehead atoms. The lowest BCUT2D eigenvalue weighted by Gasteiger charge is -2.54. The van der Waals surface area contributed by atoms with Gasteiger partial charge in [-0.1, -0.05) is 13.8 Å². The minimum atomic E-state index is -0.497. The summed E-state index contributed by atoms with van der Waals surface area (Å²) in [7, 11) is 1.95. The lowest BCUT2D eigenvalue weighted by atomic mass is 9.58. The van der Waals surface area contributed by atoms with E-state index in [1.54, 1.807) is 12.1 Å². The number of nitrogens with zero attached hydrogens (tertiary/aromatic N) is 2. The van der Waals surface area contributed by atoms with Crippen molar-refractivity contribution >= 4 is 5.82 Å². The SMILES string of the molecule is CCC1(CC)C(NC)CC1Oc1cccnc1[N+](=O)[O-]. The van der Waals surface area contributed by atoms with E-state index in [1.165, 1.54) is 6.20 Å². The molecule has 1 saturated carbocycles. The molecule has 1 N–H and O–H groups in total. The van der Waals surface area contributed by atoms with Gasteiger partial charge >= 0.3 is 5.82 Å². The quantitative estimate of drug-likeness (QED) is 0.639. The van der Waals surface area contributed by atoms with E-state index in [4.69, 9.17) is 4.74 Å². The second kappa shape index (κ2) is 5.75. The van der Waals surface area contributed by atoms with Crippen LogP contribution in [0.25, 0.3) is 0 Å². The van der Waals surface area contributed by atoms with E-state index in [1.807, 2.05) is 7.05 Å². The molecule has 20 heavy (non-hydrogen) atoms. The van der Waals surface area contributed by atoms with Crippen LogP contribution >= 0.6 is 0 Å². The molecule has 2 unspecified atom stereocenters. The highest BCUT2D eigenvalue weighted by atomic mass is 16.6. The fraction of sp³-hybridized carbons (Fsp3) is 0.643. The van der Waals surface area contributed by atoms with Gasteiger partial charge in [0, 0.05) is 17.9 Å². The van der Waals surface area contributed by atoms with Gasteiger partial charge in [-0.25, -0.2) is 0 Å². The molecule has 0 radical (unpaired) electrons. The zero-order chi connectivity index (χ0) is 14.8. The first-order chi connectivity index (χ1) is 9.58. The molecule has 1 aliphatic rings. The Balaban J connectivity index is 2.21. The predicted molar refractivity (Wildman–Crippen MR) is 75.8 cm³/mol. The third kappa shape index (κ3) is 2.24. The van der Waals surface area contributed by atoms with Crippen molar-refractivity contribution in [3.05, 3.63) is 28.4 Å². The van der Waals surface area contributed by atoms with Crippen LogP contribution in [0, 0.1) is 15.5 Å². The molecule has 110 valence electrons. The number of nitrogens with one attached hydrogen (secondary N) is 1. The van der Waals surface area contributed by atoms with Crippen molar-refractivity contribution in [1.29, 1.82) is 0 Å². The van der Waals surface area contributed by atoms with Crippen LogP contribution in [0.2, 0.25) is 0 Å². The summed E-state index contributed by atoms with van der Waals surface area (Å²) in [4.78, 5) is 14.3. The van der Waals surface area contributed by atoms with Crippen LogP contribution < -0.4 is 10.1 Å². The van der Waals surface area contributed by atoms with Crippen LogP contribution in [0.15, 0.2) is 18.3 Å². The molecule has 6 nitrogen and oxygen atoms in total. The number of hydrogen-bond acceptors (Lipinski definition) is 5. The summed E-state index contributed by atoms with van der Waals surface area (Å²) in [5.74, 6) is 0.0600. The lowest BCUT2D eigenvalue weighted by molar-refractivity contribution is -0.391. The predicted octanol–water partition coefficient (Wildman–Crippen LogP) is 2.54. The molecule has 0 amide bonds. The van der Waals surface area contributed by atoms with E-state index >= 15 is 0 Å². The molecule has 0 aromatic carbocycles. The highest BCUT2D eigenvalue weighted by molar-refractivity contribution is 5.39. The zero-order valence-corrected chi connectivity index (χ0v) is 12.1. The van der Waals surface area contributed by atoms with Crippen molar-refractivity contribution in [1.82, 2.24) is 10.3 Å². The number of ether oxygens (including phenoxy) is 1. The van der Waals surface area contributed by atoms with Crippen molar-refractivity contribution in [2.75, 3.05) is 7.05 Å². The third-order valence-electron chi connectivity index (χ3n) is 4.64. The Morgan fingerprint density at radius 2 is 2.25 bits per heavy atom. The van der Waals surface area contributed by atoms with Gasteiger partial charge < -0.3 is 20.2 Å². The summed E-state index contributed by atoms with van der Waals surface area (Å²) in [6, 6.07) is 3.68. The maximum Gasteiger partial charge on any atom is 0.406 e. The number of aromatic nitrogens is 1. The van der Waals surface area contributed by atoms with E-state index in [0.717, 1.165) is 19.3 Å². The van der Waals surface area contributed by atoms with Gasteiger partial charge in [0.1, 0.15) is 12.3 Å². The standard InChI is InChI=1S/C14H21N3O3/c1-4-14(5-2)11(15-3)9-12(14)20-10-7-6-8-16-13(10)17(18)19/h6-8,11-12,15H,4-5,9H2,1-3H3. The van der Waals surface area contributed by atoms with Gasteiger partial charge in [-0.15, -0.1) is 0 Å². The normalized spacial score (nSPS) is 23.9. The second-order valence-corrected chi connectivity index (χ2v) is 5.21. The Labute approximate surface area is 118 Å². The maximum atomic E-state index is 11.0. The fourth-order valence-corrected chi connectivity index (χ4v) is 3.28. The Morgan fingerprint density at radius 3 is 2.80 bits per heavy atom. The van der Waals surface area contributed by atoms with E-state index in [2.05, 4.69) is 24.1 Å². The van der Waals surface area contributed by atoms with Crippen LogP contribution in [0.3, 0.4) is 0 Å². The molecule has 2 atom stereocenters. The summed E-state index contributed by atoms with van der Waals surface area (Å²) in [6.45, 7) is 4.28. The van der Waals surface area contributed by atoms with Gasteiger partial charge in [0.15, 0.2) is 0 Å². The highest BCUT2D eigenvalue weighted by Gasteiger charge is 2.54. The van der Waals surface area contributed by atoms with Crippen LogP contribution in [-0.2, 0) is 0 Å². The molecule has 1 heterocycles. The summed E-state index contributed by atoms with van der Waals surface area (Å²) < 4.78 is 5.93. The van der Waals surface area contributed by atoms with Crippen molar-refractivity contribution in [2.24, 2.45) is 5.41 Å². The van der Waals surface area contributed by atoms with Crippen LogP contribution in [-0.4, -0.2) is 29.1 Å². The summed E-state index contributed by atoms with van der Waals surface area (Å²) in [5.41, 5.74) is 0.0401. The van der Waals surface area contributed by atoms with Crippen LogP contribution in [0.4, 0.5) is 5.82 Å². The fourth-order valence-electron chi connectivity index (χ4n) is 3.28. The van der Waals surface area contributed by atoms with Crippen molar-refractivity contribution in [2.45, 2.75) is 45.3 Å². The smallest absolute Gasteiger partial charge is 0.406 e. The summed E-state index contributed by atoms with van der Waals surface area (Å²) in [6.07, 6.45) is 4.23.